The summed E-state index contributed by atoms with van der Waals surface area (Å²) in [6.07, 6.45) is 7.21. The maximum Gasteiger partial charge on any atom is 0.224 e. The fraction of sp³-hybridized carbons (Fsp3) is 0.357. The SMILES string of the molecule is O=C(Cc1ccc(-c2cccnc2)cc1)NC(Cc1ccc2c(c1)OCCO2)CN1CCCC1. The molecule has 1 aromatic heterocycles. The molecule has 0 bridgehead atoms. The van der Waals surface area contributed by atoms with Gasteiger partial charge in [-0.1, -0.05) is 36.4 Å². The number of benzene rings is 2. The summed E-state index contributed by atoms with van der Waals surface area (Å²) < 4.78 is 11.4. The second kappa shape index (κ2) is 10.7. The molecule has 1 amide bonds. The van der Waals surface area contributed by atoms with Crippen LogP contribution in [0.3, 0.4) is 0 Å². The standard InChI is InChI=1S/C28H31N3O3/c32-28(18-21-5-8-23(9-6-21)24-4-3-11-29-19-24)30-25(20-31-12-1-2-13-31)16-22-7-10-26-27(17-22)34-15-14-33-26/h3-11,17,19,25H,1-2,12-16,18,20H2,(H,30,32). The number of carbonyl (C=O) groups is 1. The quantitative estimate of drug-likeness (QED) is 0.556. The lowest BCUT2D eigenvalue weighted by Gasteiger charge is -2.25. The van der Waals surface area contributed by atoms with E-state index >= 15 is 0 Å². The van der Waals surface area contributed by atoms with E-state index in [9.17, 15) is 4.79 Å². The summed E-state index contributed by atoms with van der Waals surface area (Å²) in [5.74, 6) is 1.64. The maximum absolute atomic E-state index is 13.0. The fourth-order valence-electron chi connectivity index (χ4n) is 4.75. The van der Waals surface area contributed by atoms with Gasteiger partial charge >= 0.3 is 0 Å². The second-order valence-electron chi connectivity index (χ2n) is 9.07. The van der Waals surface area contributed by atoms with Crippen molar-refractivity contribution in [3.8, 4) is 22.6 Å². The zero-order chi connectivity index (χ0) is 23.2. The van der Waals surface area contributed by atoms with E-state index < -0.39 is 0 Å². The van der Waals surface area contributed by atoms with Crippen molar-refractivity contribution in [1.29, 1.82) is 0 Å². The van der Waals surface area contributed by atoms with Crippen molar-refractivity contribution in [2.24, 2.45) is 0 Å². The molecule has 34 heavy (non-hydrogen) atoms. The smallest absolute Gasteiger partial charge is 0.224 e. The molecular formula is C28H31N3O3. The predicted octanol–water partition coefficient (Wildman–Crippen LogP) is 3.89. The molecule has 176 valence electrons. The third-order valence-corrected chi connectivity index (χ3v) is 6.44. The van der Waals surface area contributed by atoms with Gasteiger partial charge in [-0.15, -0.1) is 0 Å². The Bertz CT molecular complexity index is 1100. The number of ether oxygens (including phenoxy) is 2. The first kappa shape index (κ1) is 22.4. The van der Waals surface area contributed by atoms with Crippen LogP contribution in [0, 0.1) is 0 Å². The zero-order valence-electron chi connectivity index (χ0n) is 19.4. The highest BCUT2D eigenvalue weighted by Gasteiger charge is 2.21. The number of amides is 1. The molecule has 1 saturated heterocycles. The van der Waals surface area contributed by atoms with E-state index in [0.29, 0.717) is 19.6 Å². The summed E-state index contributed by atoms with van der Waals surface area (Å²) in [6.45, 7) is 4.22. The van der Waals surface area contributed by atoms with Crippen molar-refractivity contribution >= 4 is 5.91 Å². The molecule has 2 aliphatic heterocycles. The van der Waals surface area contributed by atoms with Gasteiger partial charge in [-0.25, -0.2) is 0 Å². The highest BCUT2D eigenvalue weighted by Crippen LogP contribution is 2.31. The number of nitrogens with one attached hydrogen (secondary N) is 1. The van der Waals surface area contributed by atoms with Gasteiger partial charge < -0.3 is 19.7 Å². The number of carbonyl (C=O) groups excluding carboxylic acids is 1. The van der Waals surface area contributed by atoms with Gasteiger partial charge in [0.25, 0.3) is 0 Å². The molecule has 0 aliphatic carbocycles. The van der Waals surface area contributed by atoms with Gasteiger partial charge in [-0.2, -0.15) is 0 Å². The Labute approximate surface area is 200 Å². The number of likely N-dealkylation sites (tertiary alicyclic amines) is 1. The van der Waals surface area contributed by atoms with Crippen molar-refractivity contribution in [2.45, 2.75) is 31.7 Å². The molecule has 0 spiro atoms. The van der Waals surface area contributed by atoms with Gasteiger partial charge in [-0.3, -0.25) is 9.78 Å². The van der Waals surface area contributed by atoms with Crippen molar-refractivity contribution in [3.05, 3.63) is 78.1 Å². The molecule has 1 atom stereocenters. The summed E-state index contributed by atoms with van der Waals surface area (Å²) in [5, 5.41) is 3.30. The minimum atomic E-state index is 0.0443. The predicted molar refractivity (Wildman–Crippen MR) is 132 cm³/mol. The third-order valence-electron chi connectivity index (χ3n) is 6.44. The van der Waals surface area contributed by atoms with Gasteiger partial charge in [0.15, 0.2) is 11.5 Å². The Morgan fingerprint density at radius 1 is 0.941 bits per heavy atom. The van der Waals surface area contributed by atoms with Gasteiger partial charge in [0.05, 0.1) is 6.42 Å². The first-order valence-electron chi connectivity index (χ1n) is 12.1. The average Bonchev–Trinajstić information content (AvgIpc) is 3.38. The van der Waals surface area contributed by atoms with Crippen LogP contribution in [0.2, 0.25) is 0 Å². The van der Waals surface area contributed by atoms with Crippen LogP contribution in [0.4, 0.5) is 0 Å². The first-order chi connectivity index (χ1) is 16.7. The van der Waals surface area contributed by atoms with Crippen molar-refractivity contribution < 1.29 is 14.3 Å². The maximum atomic E-state index is 13.0. The Balaban J connectivity index is 1.23. The van der Waals surface area contributed by atoms with Crippen LogP contribution in [0.5, 0.6) is 11.5 Å². The molecule has 1 unspecified atom stereocenters. The lowest BCUT2D eigenvalue weighted by atomic mass is 10.0. The first-order valence-corrected chi connectivity index (χ1v) is 12.1. The van der Waals surface area contributed by atoms with Gasteiger partial charge in [-0.05, 0) is 72.8 Å². The number of hydrogen-bond acceptors (Lipinski definition) is 5. The molecule has 0 saturated carbocycles. The summed E-state index contributed by atoms with van der Waals surface area (Å²) in [7, 11) is 0. The molecule has 1 fully saturated rings. The van der Waals surface area contributed by atoms with Gasteiger partial charge in [0, 0.05) is 25.0 Å². The van der Waals surface area contributed by atoms with Crippen LogP contribution in [0.15, 0.2) is 67.0 Å². The van der Waals surface area contributed by atoms with Crippen LogP contribution in [-0.2, 0) is 17.6 Å². The van der Waals surface area contributed by atoms with Crippen molar-refractivity contribution in [2.75, 3.05) is 32.8 Å². The Hall–Kier alpha value is -3.38. The lowest BCUT2D eigenvalue weighted by molar-refractivity contribution is -0.121. The van der Waals surface area contributed by atoms with Crippen LogP contribution < -0.4 is 14.8 Å². The minimum Gasteiger partial charge on any atom is -0.486 e. The van der Waals surface area contributed by atoms with E-state index in [2.05, 4.69) is 39.5 Å². The largest absolute Gasteiger partial charge is 0.486 e. The fourth-order valence-corrected chi connectivity index (χ4v) is 4.75. The lowest BCUT2D eigenvalue weighted by Crippen LogP contribution is -2.45. The molecule has 3 aromatic rings. The molecule has 2 aromatic carbocycles. The molecular weight excluding hydrogens is 426 g/mol. The minimum absolute atomic E-state index is 0.0443. The molecule has 5 rings (SSSR count). The Morgan fingerprint density at radius 2 is 1.71 bits per heavy atom. The number of hydrogen-bond donors (Lipinski definition) is 1. The monoisotopic (exact) mass is 457 g/mol. The van der Waals surface area contributed by atoms with Crippen LogP contribution in [0.25, 0.3) is 11.1 Å². The van der Waals surface area contributed by atoms with Crippen molar-refractivity contribution in [3.63, 3.8) is 0 Å². The Kier molecular flexibility index (Phi) is 7.05. The summed E-state index contributed by atoms with van der Waals surface area (Å²) in [5.41, 5.74) is 4.32. The number of pyridine rings is 1. The van der Waals surface area contributed by atoms with Crippen LogP contribution in [-0.4, -0.2) is 54.7 Å². The molecule has 6 nitrogen and oxygen atoms in total. The summed E-state index contributed by atoms with van der Waals surface area (Å²) in [6, 6.07) is 18.3. The normalized spacial score (nSPS) is 16.2. The summed E-state index contributed by atoms with van der Waals surface area (Å²) >= 11 is 0. The van der Waals surface area contributed by atoms with E-state index in [4.69, 9.17) is 9.47 Å². The van der Waals surface area contributed by atoms with E-state index in [-0.39, 0.29) is 11.9 Å². The molecule has 1 N–H and O–H groups in total. The number of rotatable bonds is 8. The molecule has 2 aliphatic rings. The van der Waals surface area contributed by atoms with E-state index in [0.717, 1.165) is 59.8 Å². The molecule has 6 heteroatoms. The molecule has 0 radical (unpaired) electrons. The summed E-state index contributed by atoms with van der Waals surface area (Å²) in [4.78, 5) is 19.6. The number of fused-ring (bicyclic) bond motifs is 1. The number of aromatic nitrogens is 1. The highest BCUT2D eigenvalue weighted by molar-refractivity contribution is 5.79. The van der Waals surface area contributed by atoms with Gasteiger partial charge in [0.2, 0.25) is 5.91 Å². The highest BCUT2D eigenvalue weighted by atomic mass is 16.6. The van der Waals surface area contributed by atoms with Crippen molar-refractivity contribution in [1.82, 2.24) is 15.2 Å². The van der Waals surface area contributed by atoms with E-state index in [1.165, 1.54) is 12.8 Å². The topological polar surface area (TPSA) is 63.7 Å². The van der Waals surface area contributed by atoms with Crippen LogP contribution >= 0.6 is 0 Å². The molecule has 3 heterocycles. The van der Waals surface area contributed by atoms with E-state index in [1.54, 1.807) is 6.20 Å². The third kappa shape index (κ3) is 5.75. The second-order valence-corrected chi connectivity index (χ2v) is 9.07. The van der Waals surface area contributed by atoms with Crippen LogP contribution in [0.1, 0.15) is 24.0 Å². The average molecular weight is 458 g/mol. The Morgan fingerprint density at radius 3 is 2.47 bits per heavy atom. The number of nitrogens with zero attached hydrogens (tertiary/aromatic N) is 2. The zero-order valence-corrected chi connectivity index (χ0v) is 19.4. The van der Waals surface area contributed by atoms with Gasteiger partial charge in [0.1, 0.15) is 13.2 Å². The van der Waals surface area contributed by atoms with E-state index in [1.807, 2.05) is 36.5 Å².